The third kappa shape index (κ3) is 3.52. The monoisotopic (exact) mass is 349 g/mol. The lowest BCUT2D eigenvalue weighted by Crippen LogP contribution is -2.05. The highest BCUT2D eigenvalue weighted by Crippen LogP contribution is 2.23. The smallest absolute Gasteiger partial charge is 0.339 e. The Morgan fingerprint density at radius 1 is 1.43 bits per heavy atom. The number of aromatic nitrogens is 2. The molecule has 0 bridgehead atoms. The van der Waals surface area contributed by atoms with Crippen molar-refractivity contribution >= 4 is 34.6 Å². The molecule has 0 aliphatic heterocycles. The predicted molar refractivity (Wildman–Crippen MR) is 87.7 cm³/mol. The van der Waals surface area contributed by atoms with Gasteiger partial charge in [-0.2, -0.15) is 4.98 Å². The largest absolute Gasteiger partial charge is 0.465 e. The van der Waals surface area contributed by atoms with Gasteiger partial charge in [-0.15, -0.1) is 11.3 Å². The molecule has 0 spiro atoms. The maximum Gasteiger partial charge on any atom is 0.339 e. The van der Waals surface area contributed by atoms with Gasteiger partial charge in [0.05, 0.1) is 29.1 Å². The second kappa shape index (κ2) is 6.80. The third-order valence-corrected chi connectivity index (χ3v) is 4.22. The first-order valence-electron chi connectivity index (χ1n) is 6.65. The number of anilines is 1. The molecule has 0 fully saturated rings. The zero-order valence-corrected chi connectivity index (χ0v) is 13.6. The van der Waals surface area contributed by atoms with E-state index in [4.69, 9.17) is 16.1 Å². The van der Waals surface area contributed by atoms with Crippen molar-refractivity contribution in [3.8, 4) is 10.7 Å². The molecule has 0 aliphatic carbocycles. The van der Waals surface area contributed by atoms with Gasteiger partial charge >= 0.3 is 5.97 Å². The molecule has 0 aliphatic rings. The van der Waals surface area contributed by atoms with E-state index >= 15 is 0 Å². The van der Waals surface area contributed by atoms with Crippen LogP contribution in [0.3, 0.4) is 0 Å². The van der Waals surface area contributed by atoms with E-state index in [9.17, 15) is 4.79 Å². The fourth-order valence-electron chi connectivity index (χ4n) is 1.91. The van der Waals surface area contributed by atoms with Crippen LogP contribution in [0, 0.1) is 0 Å². The molecule has 0 saturated heterocycles. The van der Waals surface area contributed by atoms with Crippen molar-refractivity contribution in [3.63, 3.8) is 0 Å². The first-order valence-corrected chi connectivity index (χ1v) is 7.91. The van der Waals surface area contributed by atoms with Crippen molar-refractivity contribution in [1.82, 2.24) is 10.1 Å². The molecule has 0 radical (unpaired) electrons. The molecule has 23 heavy (non-hydrogen) atoms. The molecule has 8 heteroatoms. The van der Waals surface area contributed by atoms with E-state index < -0.39 is 5.97 Å². The first kappa shape index (κ1) is 15.5. The summed E-state index contributed by atoms with van der Waals surface area (Å²) in [4.78, 5) is 16.9. The molecule has 3 rings (SSSR count). The lowest BCUT2D eigenvalue weighted by atomic mass is 10.2. The Bertz CT molecular complexity index is 817. The van der Waals surface area contributed by atoms with Crippen molar-refractivity contribution in [2.45, 2.75) is 6.54 Å². The predicted octanol–water partition coefficient (Wildman–Crippen LogP) is 3.85. The zero-order valence-electron chi connectivity index (χ0n) is 12.1. The quantitative estimate of drug-likeness (QED) is 0.705. The molecular formula is C15H12ClN3O3S. The number of thiophene rings is 1. The number of halogens is 1. The second-order valence-electron chi connectivity index (χ2n) is 4.53. The number of nitrogens with one attached hydrogen (secondary N) is 1. The normalized spacial score (nSPS) is 10.5. The number of hydrogen-bond donors (Lipinski definition) is 1. The summed E-state index contributed by atoms with van der Waals surface area (Å²) < 4.78 is 9.89. The van der Waals surface area contributed by atoms with Gasteiger partial charge in [0.2, 0.25) is 11.7 Å². The van der Waals surface area contributed by atoms with Gasteiger partial charge in [0, 0.05) is 5.69 Å². The molecule has 2 heterocycles. The van der Waals surface area contributed by atoms with E-state index in [-0.39, 0.29) is 0 Å². The van der Waals surface area contributed by atoms with Crippen LogP contribution in [0.15, 0.2) is 40.2 Å². The average molecular weight is 350 g/mol. The fraction of sp³-hybridized carbons (Fsp3) is 0.133. The highest BCUT2D eigenvalue weighted by atomic mass is 35.5. The van der Waals surface area contributed by atoms with Crippen molar-refractivity contribution < 1.29 is 14.1 Å². The molecule has 6 nitrogen and oxygen atoms in total. The summed E-state index contributed by atoms with van der Waals surface area (Å²) >= 11 is 7.52. The lowest BCUT2D eigenvalue weighted by molar-refractivity contribution is 0.0601. The van der Waals surface area contributed by atoms with Gasteiger partial charge in [0.1, 0.15) is 0 Å². The number of nitrogens with zero attached hydrogens (tertiary/aromatic N) is 2. The van der Waals surface area contributed by atoms with Crippen molar-refractivity contribution in [2.75, 3.05) is 12.4 Å². The Kier molecular flexibility index (Phi) is 4.59. The number of hydrogen-bond acceptors (Lipinski definition) is 7. The third-order valence-electron chi connectivity index (χ3n) is 3.03. The van der Waals surface area contributed by atoms with Gasteiger partial charge in [-0.25, -0.2) is 4.79 Å². The lowest BCUT2D eigenvalue weighted by Gasteiger charge is -2.07. The van der Waals surface area contributed by atoms with E-state index in [0.29, 0.717) is 34.5 Å². The van der Waals surface area contributed by atoms with Gasteiger partial charge in [-0.05, 0) is 29.6 Å². The molecule has 3 aromatic rings. The second-order valence-corrected chi connectivity index (χ2v) is 5.88. The molecule has 1 aromatic carbocycles. The molecule has 2 aromatic heterocycles. The van der Waals surface area contributed by atoms with Crippen LogP contribution in [-0.2, 0) is 11.3 Å². The molecular weight excluding hydrogens is 338 g/mol. The van der Waals surface area contributed by atoms with E-state index in [1.807, 2.05) is 17.5 Å². The minimum Gasteiger partial charge on any atom is -0.465 e. The summed E-state index contributed by atoms with van der Waals surface area (Å²) in [6, 6.07) is 8.85. The van der Waals surface area contributed by atoms with E-state index in [1.165, 1.54) is 7.11 Å². The van der Waals surface area contributed by atoms with Gasteiger partial charge in [-0.3, -0.25) is 0 Å². The van der Waals surface area contributed by atoms with Crippen molar-refractivity contribution in [2.24, 2.45) is 0 Å². The fourth-order valence-corrected chi connectivity index (χ4v) is 2.76. The number of ether oxygens (including phenoxy) is 1. The van der Waals surface area contributed by atoms with Gasteiger partial charge < -0.3 is 14.6 Å². The number of esters is 1. The van der Waals surface area contributed by atoms with Crippen LogP contribution >= 0.6 is 22.9 Å². The number of methoxy groups -OCH3 is 1. The summed E-state index contributed by atoms with van der Waals surface area (Å²) in [7, 11) is 1.31. The van der Waals surface area contributed by atoms with Crippen molar-refractivity contribution in [1.29, 1.82) is 0 Å². The van der Waals surface area contributed by atoms with Crippen LogP contribution in [0.2, 0.25) is 5.02 Å². The van der Waals surface area contributed by atoms with Crippen LogP contribution in [0.1, 0.15) is 16.2 Å². The molecule has 0 saturated carbocycles. The van der Waals surface area contributed by atoms with Crippen LogP contribution in [-0.4, -0.2) is 23.2 Å². The minimum absolute atomic E-state index is 0.295. The standard InChI is InChI=1S/C15H12ClN3O3S/c1-21-15(20)10-7-9(4-5-11(10)16)17-8-13-18-14(19-22-13)12-3-2-6-23-12/h2-7,17H,8H2,1H3. The Morgan fingerprint density at radius 3 is 3.04 bits per heavy atom. The molecule has 0 unspecified atom stereocenters. The summed E-state index contributed by atoms with van der Waals surface area (Å²) in [6.45, 7) is 0.334. The molecule has 1 N–H and O–H groups in total. The highest BCUT2D eigenvalue weighted by Gasteiger charge is 2.12. The van der Waals surface area contributed by atoms with Gasteiger partial charge in [-0.1, -0.05) is 22.8 Å². The summed E-state index contributed by atoms with van der Waals surface area (Å²) in [5.74, 6) is 0.516. The topological polar surface area (TPSA) is 77.2 Å². The number of benzene rings is 1. The molecule has 0 amide bonds. The average Bonchev–Trinajstić information content (AvgIpc) is 3.24. The number of rotatable bonds is 5. The molecule has 0 atom stereocenters. The number of carbonyl (C=O) groups is 1. The Hall–Kier alpha value is -2.38. The van der Waals surface area contributed by atoms with Crippen molar-refractivity contribution in [3.05, 3.63) is 52.2 Å². The highest BCUT2D eigenvalue weighted by molar-refractivity contribution is 7.13. The summed E-state index contributed by atoms with van der Waals surface area (Å²) in [6.07, 6.45) is 0. The Labute approximate surface area is 141 Å². The number of carbonyl (C=O) groups excluding carboxylic acids is 1. The minimum atomic E-state index is -0.489. The van der Waals surface area contributed by atoms with Crippen LogP contribution in [0.25, 0.3) is 10.7 Å². The Morgan fingerprint density at radius 2 is 2.30 bits per heavy atom. The van der Waals surface area contributed by atoms with Crippen LogP contribution in [0.4, 0.5) is 5.69 Å². The Balaban J connectivity index is 1.70. The van der Waals surface area contributed by atoms with E-state index in [0.717, 1.165) is 4.88 Å². The zero-order chi connectivity index (χ0) is 16.2. The molecule has 118 valence electrons. The SMILES string of the molecule is COC(=O)c1cc(NCc2nc(-c3cccs3)no2)ccc1Cl. The summed E-state index contributed by atoms with van der Waals surface area (Å²) in [5.41, 5.74) is 0.995. The van der Waals surface area contributed by atoms with Gasteiger partial charge in [0.15, 0.2) is 0 Å². The van der Waals surface area contributed by atoms with Crippen LogP contribution in [0.5, 0.6) is 0 Å². The summed E-state index contributed by atoms with van der Waals surface area (Å²) in [5, 5.41) is 9.32. The van der Waals surface area contributed by atoms with E-state index in [2.05, 4.69) is 20.2 Å². The van der Waals surface area contributed by atoms with E-state index in [1.54, 1.807) is 29.5 Å². The van der Waals surface area contributed by atoms with Crippen LogP contribution < -0.4 is 5.32 Å². The van der Waals surface area contributed by atoms with Gasteiger partial charge in [0.25, 0.3) is 0 Å². The maximum atomic E-state index is 11.6. The maximum absolute atomic E-state index is 11.6. The first-order chi connectivity index (χ1) is 11.2.